The summed E-state index contributed by atoms with van der Waals surface area (Å²) in [6.07, 6.45) is 2.41. The van der Waals surface area contributed by atoms with E-state index >= 15 is 33.6 Å². The summed E-state index contributed by atoms with van der Waals surface area (Å²) >= 11 is 0.800. The first-order valence-electron chi connectivity index (χ1n) is 43.4. The zero-order valence-corrected chi connectivity index (χ0v) is 74.8. The number of aromatic nitrogens is 1. The van der Waals surface area contributed by atoms with Crippen LogP contribution in [0.25, 0.3) is 10.9 Å². The molecule has 3 saturated heterocycles. The molecule has 3 aromatic carbocycles. The molecule has 0 aliphatic carbocycles. The minimum Gasteiger partial charge on any atom is -0.508 e. The van der Waals surface area contributed by atoms with Crippen molar-refractivity contribution < 1.29 is 91.7 Å². The number of unbranched alkanes of at least 4 members (excludes halogenated alkanes) is 2. The molecule has 40 heteroatoms. The van der Waals surface area contributed by atoms with E-state index in [4.69, 9.17) is 22.9 Å². The van der Waals surface area contributed by atoms with Gasteiger partial charge < -0.3 is 116 Å². The lowest BCUT2D eigenvalue weighted by atomic mass is 9.99. The van der Waals surface area contributed by atoms with Crippen LogP contribution in [-0.4, -0.2) is 290 Å². The molecule has 0 saturated carbocycles. The summed E-state index contributed by atoms with van der Waals surface area (Å²) < 4.78 is 0. The summed E-state index contributed by atoms with van der Waals surface area (Å²) in [6.45, 7) is 10.6. The second kappa shape index (κ2) is 49.2. The highest BCUT2D eigenvalue weighted by atomic mass is 32.2. The van der Waals surface area contributed by atoms with E-state index in [-0.39, 0.29) is 119 Å². The Hall–Kier alpha value is -11.9. The fraction of sp³-hybridized carbons (Fsp3) is 0.575. The number of hydrogen-bond donors (Lipinski definition) is 17. The van der Waals surface area contributed by atoms with Crippen molar-refractivity contribution in [2.75, 3.05) is 65.4 Å². The number of nitrogens with one attached hydrogen (secondary N) is 11. The molecule has 4 aromatic rings. The van der Waals surface area contributed by atoms with E-state index < -0.39 is 210 Å². The highest BCUT2D eigenvalue weighted by Gasteiger charge is 2.45. The quantitative estimate of drug-likeness (QED) is 0.0378. The summed E-state index contributed by atoms with van der Waals surface area (Å²) in [5, 5.41) is 48.0. The SMILES string of the molecule is CCCC[C@H]1C(=O)N(C)[C@@H](CCCC)C(=O)N[C@@H](CC(C)C)C(=O)N[C@H](C(=O)NCC(N)=O)CSCC(=O)N[C@@H](Cc2ccc(O)cc2)C(=O)N(C)[C@@H](C)C(=O)N[C@@H](CC(N)=O)C(=O)N2CCC[C@H]2C(=O)N[C@@H](CN)C(=O)N[C@@H](CC(C)C)C(=O)N2CCC[C@H]2C(=O)N[C@@H](Cc2c[nH]c3ccccc23)C(=O)N[C@@H](CCN)C(=O)N[C@@H](Cc2ccc(O)cc2)C(=O)N1C. The lowest BCUT2D eigenvalue weighted by Gasteiger charge is -2.36. The normalized spacial score (nSPS) is 25.0. The predicted octanol–water partition coefficient (Wildman–Crippen LogP) is -1.54. The first-order valence-corrected chi connectivity index (χ1v) is 44.5. The molecule has 127 heavy (non-hydrogen) atoms. The summed E-state index contributed by atoms with van der Waals surface area (Å²) in [5.74, 6) is -16.6. The lowest BCUT2D eigenvalue weighted by Crippen LogP contribution is -2.62. The number of benzene rings is 3. The average molecular weight is 1790 g/mol. The number of nitrogens with two attached hydrogens (primary N) is 4. The monoisotopic (exact) mass is 1790 g/mol. The van der Waals surface area contributed by atoms with Crippen molar-refractivity contribution in [3.8, 4) is 11.5 Å². The topological polar surface area (TPSA) is 587 Å². The van der Waals surface area contributed by atoms with Crippen LogP contribution in [0.5, 0.6) is 11.5 Å². The van der Waals surface area contributed by atoms with Gasteiger partial charge in [0, 0.05) is 82.9 Å². The van der Waals surface area contributed by atoms with E-state index in [1.54, 1.807) is 58.2 Å². The molecule has 3 aliphatic rings. The number of aromatic amines is 1. The summed E-state index contributed by atoms with van der Waals surface area (Å²) in [6, 6.07) is -1.69. The van der Waals surface area contributed by atoms with Crippen LogP contribution < -0.4 is 76.1 Å². The maximum absolute atomic E-state index is 15.6. The number of para-hydroxylation sites is 1. The fourth-order valence-electron chi connectivity index (χ4n) is 15.7. The Morgan fingerprint density at radius 3 is 1.52 bits per heavy atom. The second-order valence-electron chi connectivity index (χ2n) is 33.6. The highest BCUT2D eigenvalue weighted by molar-refractivity contribution is 8.00. The maximum Gasteiger partial charge on any atom is 0.246 e. The van der Waals surface area contributed by atoms with Crippen molar-refractivity contribution in [3.63, 3.8) is 0 Å². The molecule has 0 spiro atoms. The number of carbonyl (C=O) groups is 17. The summed E-state index contributed by atoms with van der Waals surface area (Å²) in [4.78, 5) is 256. The Morgan fingerprint density at radius 2 is 0.969 bits per heavy atom. The first kappa shape index (κ1) is 102. The largest absolute Gasteiger partial charge is 0.508 e. The molecule has 17 amide bonds. The van der Waals surface area contributed by atoms with Crippen LogP contribution in [0.1, 0.15) is 155 Å². The van der Waals surface area contributed by atoms with Gasteiger partial charge in [-0.25, -0.2) is 0 Å². The van der Waals surface area contributed by atoms with Gasteiger partial charge in [0.05, 0.1) is 18.7 Å². The number of phenolic OH excluding ortho intramolecular Hbond substituents is 2. The molecular formula is C87H128N20O19S. The van der Waals surface area contributed by atoms with Gasteiger partial charge in [0.15, 0.2) is 0 Å². The van der Waals surface area contributed by atoms with Crippen molar-refractivity contribution in [3.05, 3.63) is 95.7 Å². The van der Waals surface area contributed by atoms with Crippen molar-refractivity contribution in [1.29, 1.82) is 0 Å². The van der Waals surface area contributed by atoms with Crippen molar-refractivity contribution >= 4 is 123 Å². The number of rotatable bonds is 24. The molecule has 14 atom stereocenters. The smallest absolute Gasteiger partial charge is 0.246 e. The third-order valence-electron chi connectivity index (χ3n) is 22.8. The number of aromatic hydroxyl groups is 2. The molecule has 4 heterocycles. The number of hydrogen-bond acceptors (Lipinski definition) is 22. The van der Waals surface area contributed by atoms with Crippen molar-refractivity contribution in [2.45, 2.75) is 242 Å². The van der Waals surface area contributed by atoms with E-state index in [1.165, 1.54) is 91.3 Å². The maximum atomic E-state index is 15.6. The number of carbonyl (C=O) groups excluding carboxylic acids is 17. The number of phenols is 2. The first-order chi connectivity index (χ1) is 60.3. The molecule has 0 unspecified atom stereocenters. The minimum absolute atomic E-state index is 0.00883. The van der Waals surface area contributed by atoms with Crippen LogP contribution in [0.3, 0.4) is 0 Å². The third kappa shape index (κ3) is 29.6. The number of nitrogens with zero attached hydrogens (tertiary/aromatic N) is 5. The van der Waals surface area contributed by atoms with Gasteiger partial charge >= 0.3 is 0 Å². The van der Waals surface area contributed by atoms with E-state index in [0.29, 0.717) is 59.7 Å². The van der Waals surface area contributed by atoms with Gasteiger partial charge in [-0.1, -0.05) is 110 Å². The van der Waals surface area contributed by atoms with E-state index in [2.05, 4.69) is 58.2 Å². The second-order valence-corrected chi connectivity index (χ2v) is 34.6. The molecule has 696 valence electrons. The Labute approximate surface area is 743 Å². The Balaban J connectivity index is 1.29. The van der Waals surface area contributed by atoms with Crippen molar-refractivity contribution in [1.82, 2.24) is 82.7 Å². The molecular weight excluding hydrogens is 1660 g/mol. The van der Waals surface area contributed by atoms with Gasteiger partial charge in [0.25, 0.3) is 0 Å². The molecule has 3 aliphatic heterocycles. The minimum atomic E-state index is -1.74. The zero-order chi connectivity index (χ0) is 93.6. The van der Waals surface area contributed by atoms with Crippen LogP contribution in [0, 0.1) is 11.8 Å². The molecule has 0 bridgehead atoms. The van der Waals surface area contributed by atoms with Crippen LogP contribution in [-0.2, 0) is 101 Å². The van der Waals surface area contributed by atoms with E-state index in [1.807, 2.05) is 13.8 Å². The van der Waals surface area contributed by atoms with Crippen LogP contribution in [0.15, 0.2) is 79.0 Å². The molecule has 3 fully saturated rings. The predicted molar refractivity (Wildman–Crippen MR) is 472 cm³/mol. The Morgan fingerprint density at radius 1 is 0.496 bits per heavy atom. The van der Waals surface area contributed by atoms with E-state index in [0.717, 1.165) is 21.6 Å². The van der Waals surface area contributed by atoms with Gasteiger partial charge in [-0.05, 0) is 130 Å². The lowest BCUT2D eigenvalue weighted by molar-refractivity contribution is -0.149. The summed E-state index contributed by atoms with van der Waals surface area (Å²) in [7, 11) is 3.98. The van der Waals surface area contributed by atoms with Crippen LogP contribution in [0.4, 0.5) is 0 Å². The third-order valence-corrected chi connectivity index (χ3v) is 23.9. The number of likely N-dealkylation sites (N-methyl/N-ethyl adjacent to an activating group) is 3. The number of primary amides is 2. The van der Waals surface area contributed by atoms with Gasteiger partial charge in [0.2, 0.25) is 100 Å². The van der Waals surface area contributed by atoms with Crippen LogP contribution in [0.2, 0.25) is 0 Å². The number of fused-ring (bicyclic) bond motifs is 3. The highest BCUT2D eigenvalue weighted by Crippen LogP contribution is 2.27. The molecule has 21 N–H and O–H groups in total. The van der Waals surface area contributed by atoms with E-state index in [9.17, 15) is 58.2 Å². The molecule has 7 rings (SSSR count). The number of amides is 17. The van der Waals surface area contributed by atoms with Gasteiger partial charge in [0.1, 0.15) is 96.1 Å². The Bertz CT molecular complexity index is 4530. The van der Waals surface area contributed by atoms with Gasteiger partial charge in [-0.3, -0.25) is 81.5 Å². The molecule has 0 radical (unpaired) electrons. The fourth-order valence-corrected chi connectivity index (χ4v) is 16.5. The van der Waals surface area contributed by atoms with Gasteiger partial charge in [-0.15, -0.1) is 11.8 Å². The average Bonchev–Trinajstić information content (AvgIpc) is 1.79. The van der Waals surface area contributed by atoms with Crippen molar-refractivity contribution in [2.24, 2.45) is 34.8 Å². The Kier molecular flexibility index (Phi) is 39.6. The number of H-pyrrole nitrogens is 1. The standard InChI is InChI=1S/C87H128N20O19S/c1-11-13-21-67-80(119)96-59(37-48(3)4)77(116)102-66(75(114)93-45-72(91)111)46-127-47-73(112)94-62(39-51-25-29-54(108)30-26-51)83(122)103(8)50(7)74(113)98-64(42-71(90)110)86(125)107-36-18-24-69(107)82(121)101-65(43-89)79(118)99-61(38-49(5)6)85(124)106-35-17-23-68(106)81(120)97-60(41-53-44-92-57-20-16-15-19-56(53)57)78(117)95-58(33-34-88)76(115)100-63(40-52-27-31-55(109)32-28-52)84(123)105(10)70(22-14-12-2)87(126)104(67)9/h15-16,19-20,25-32,44,48-50,58-70,92,108-109H,11-14,17-18,21-24,33-43,45-47,88-89H2,1-10H3,(H2,90,110)(H2,91,111)(H,93,114)(H,94,112)(H,95,117)(H,96,119)(H,97,120)(H,98,113)(H,99,118)(H,100,115)(H,101,121)(H,102,116)/t50-,58-,59-,60-,61-,62-,63-,64-,65-,66-,67-,68-,69-,70-/m0/s1. The zero-order valence-electron chi connectivity index (χ0n) is 74.0. The molecule has 39 nitrogen and oxygen atoms in total. The molecule has 1 aromatic heterocycles. The number of thioether (sulfide) groups is 1. The summed E-state index contributed by atoms with van der Waals surface area (Å²) in [5.41, 5.74) is 25.6. The van der Waals surface area contributed by atoms with Gasteiger partial charge in [-0.2, -0.15) is 0 Å². The van der Waals surface area contributed by atoms with Crippen LogP contribution >= 0.6 is 11.8 Å².